The summed E-state index contributed by atoms with van der Waals surface area (Å²) in [4.78, 5) is 51.7. The van der Waals surface area contributed by atoms with Crippen LogP contribution < -0.4 is 11.2 Å². The Balaban J connectivity index is 2.92. The zero-order valence-corrected chi connectivity index (χ0v) is 19.5. The third kappa shape index (κ3) is 7.28. The minimum atomic E-state index is -2.01. The van der Waals surface area contributed by atoms with Crippen LogP contribution in [0, 0.1) is 6.92 Å². The van der Waals surface area contributed by atoms with E-state index in [9.17, 15) is 19.2 Å². The van der Waals surface area contributed by atoms with Crippen molar-refractivity contribution in [3.63, 3.8) is 0 Å². The standard InChI is InChI=1S/C19H33N3O6Si/c1-8-27-16(24)13-21(9-10-28-29(6,7)19(3,4)5)15(23)12-22-11-14(2)17(25)20-18(22)26/h11H,8-10,12-13H2,1-7H3,(H,20,25,26). The van der Waals surface area contributed by atoms with Crippen LogP contribution in [-0.2, 0) is 25.3 Å². The Hall–Kier alpha value is -2.20. The molecule has 1 amide bonds. The quantitative estimate of drug-likeness (QED) is 0.469. The number of amides is 1. The van der Waals surface area contributed by atoms with Gasteiger partial charge in [0, 0.05) is 18.3 Å². The molecule has 0 bridgehead atoms. The first-order valence-electron chi connectivity index (χ1n) is 9.66. The molecule has 0 aliphatic heterocycles. The normalized spacial score (nSPS) is 12.0. The number of ether oxygens (including phenoxy) is 1. The lowest BCUT2D eigenvalue weighted by atomic mass is 10.2. The zero-order valence-electron chi connectivity index (χ0n) is 18.5. The van der Waals surface area contributed by atoms with E-state index in [1.165, 1.54) is 11.1 Å². The van der Waals surface area contributed by atoms with E-state index >= 15 is 0 Å². The van der Waals surface area contributed by atoms with Crippen LogP contribution in [0.3, 0.4) is 0 Å². The number of hydrogen-bond donors (Lipinski definition) is 1. The molecule has 164 valence electrons. The molecule has 0 atom stereocenters. The highest BCUT2D eigenvalue weighted by atomic mass is 28.4. The molecule has 0 saturated heterocycles. The predicted molar refractivity (Wildman–Crippen MR) is 112 cm³/mol. The molecule has 10 heteroatoms. The Kier molecular flexibility index (Phi) is 8.58. The summed E-state index contributed by atoms with van der Waals surface area (Å²) >= 11 is 0. The molecule has 0 radical (unpaired) electrons. The van der Waals surface area contributed by atoms with Crippen molar-refractivity contribution in [1.82, 2.24) is 14.5 Å². The van der Waals surface area contributed by atoms with E-state index in [4.69, 9.17) is 9.16 Å². The highest BCUT2D eigenvalue weighted by Gasteiger charge is 2.37. The van der Waals surface area contributed by atoms with Crippen LogP contribution in [0.15, 0.2) is 15.8 Å². The predicted octanol–water partition coefficient (Wildman–Crippen LogP) is 1.26. The van der Waals surface area contributed by atoms with Crippen molar-refractivity contribution in [3.8, 4) is 0 Å². The third-order valence-electron chi connectivity index (χ3n) is 5.10. The molecule has 1 N–H and O–H groups in total. The van der Waals surface area contributed by atoms with Gasteiger partial charge in [-0.2, -0.15) is 0 Å². The van der Waals surface area contributed by atoms with Gasteiger partial charge in [0.05, 0.1) is 13.2 Å². The Morgan fingerprint density at radius 1 is 1.24 bits per heavy atom. The van der Waals surface area contributed by atoms with Gasteiger partial charge < -0.3 is 14.1 Å². The number of carbonyl (C=O) groups is 2. The second kappa shape index (κ2) is 10.0. The molecule has 0 spiro atoms. The van der Waals surface area contributed by atoms with Crippen LogP contribution in [-0.4, -0.2) is 60.9 Å². The van der Waals surface area contributed by atoms with E-state index in [2.05, 4.69) is 38.8 Å². The molecule has 0 saturated carbocycles. The van der Waals surface area contributed by atoms with E-state index in [-0.39, 0.29) is 37.9 Å². The molecule has 1 rings (SSSR count). The maximum atomic E-state index is 12.8. The summed E-state index contributed by atoms with van der Waals surface area (Å²) in [5, 5.41) is 0.0176. The fourth-order valence-corrected chi connectivity index (χ4v) is 3.30. The van der Waals surface area contributed by atoms with E-state index in [1.54, 1.807) is 13.8 Å². The number of hydrogen-bond acceptors (Lipinski definition) is 6. The number of aromatic nitrogens is 2. The molecule has 1 heterocycles. The monoisotopic (exact) mass is 427 g/mol. The molecular formula is C19H33N3O6Si. The largest absolute Gasteiger partial charge is 0.465 e. The summed E-state index contributed by atoms with van der Waals surface area (Å²) in [6.45, 7) is 13.9. The lowest BCUT2D eigenvalue weighted by Gasteiger charge is -2.36. The Morgan fingerprint density at radius 3 is 2.41 bits per heavy atom. The molecular weight excluding hydrogens is 394 g/mol. The lowest BCUT2D eigenvalue weighted by molar-refractivity contribution is -0.149. The topological polar surface area (TPSA) is 111 Å². The number of nitrogens with one attached hydrogen (secondary N) is 1. The molecule has 0 aromatic carbocycles. The van der Waals surface area contributed by atoms with Gasteiger partial charge in [0.15, 0.2) is 8.32 Å². The van der Waals surface area contributed by atoms with Crippen LogP contribution in [0.2, 0.25) is 18.1 Å². The van der Waals surface area contributed by atoms with Crippen molar-refractivity contribution in [2.24, 2.45) is 0 Å². The molecule has 9 nitrogen and oxygen atoms in total. The number of esters is 1. The first-order valence-corrected chi connectivity index (χ1v) is 12.6. The van der Waals surface area contributed by atoms with Gasteiger partial charge in [-0.25, -0.2) is 4.79 Å². The highest BCUT2D eigenvalue weighted by Crippen LogP contribution is 2.36. The highest BCUT2D eigenvalue weighted by molar-refractivity contribution is 6.74. The van der Waals surface area contributed by atoms with E-state index in [0.29, 0.717) is 5.56 Å². The van der Waals surface area contributed by atoms with Gasteiger partial charge in [0.2, 0.25) is 5.91 Å². The van der Waals surface area contributed by atoms with Crippen molar-refractivity contribution in [3.05, 3.63) is 32.6 Å². The number of aromatic amines is 1. The third-order valence-corrected chi connectivity index (χ3v) is 9.64. The van der Waals surface area contributed by atoms with Crippen LogP contribution in [0.25, 0.3) is 0 Å². The van der Waals surface area contributed by atoms with Crippen LogP contribution in [0.5, 0.6) is 0 Å². The van der Waals surface area contributed by atoms with Crippen LogP contribution >= 0.6 is 0 Å². The summed E-state index contributed by atoms with van der Waals surface area (Å²) in [7, 11) is -2.01. The zero-order chi connectivity index (χ0) is 22.4. The van der Waals surface area contributed by atoms with Crippen molar-refractivity contribution < 1.29 is 18.8 Å². The van der Waals surface area contributed by atoms with Crippen molar-refractivity contribution in [2.75, 3.05) is 26.3 Å². The minimum Gasteiger partial charge on any atom is -0.465 e. The number of carbonyl (C=O) groups excluding carboxylic acids is 2. The maximum absolute atomic E-state index is 12.8. The summed E-state index contributed by atoms with van der Waals surface area (Å²) < 4.78 is 12.2. The molecule has 0 aliphatic carbocycles. The molecule has 29 heavy (non-hydrogen) atoms. The van der Waals surface area contributed by atoms with Gasteiger partial charge >= 0.3 is 11.7 Å². The van der Waals surface area contributed by atoms with Crippen molar-refractivity contribution >= 4 is 20.2 Å². The average molecular weight is 428 g/mol. The summed E-state index contributed by atoms with van der Waals surface area (Å²) in [5.41, 5.74) is -0.858. The van der Waals surface area contributed by atoms with Gasteiger partial charge in [-0.3, -0.25) is 23.9 Å². The average Bonchev–Trinajstić information content (AvgIpc) is 2.57. The number of nitrogens with zero attached hydrogens (tertiary/aromatic N) is 2. The van der Waals surface area contributed by atoms with Gasteiger partial charge in [-0.1, -0.05) is 20.8 Å². The summed E-state index contributed by atoms with van der Waals surface area (Å²) in [6, 6.07) is 0. The van der Waals surface area contributed by atoms with Crippen molar-refractivity contribution in [1.29, 1.82) is 0 Å². The number of H-pyrrole nitrogens is 1. The van der Waals surface area contributed by atoms with Crippen molar-refractivity contribution in [2.45, 2.75) is 59.3 Å². The second-order valence-corrected chi connectivity index (χ2v) is 13.2. The van der Waals surface area contributed by atoms with Gasteiger partial charge in [-0.15, -0.1) is 0 Å². The Morgan fingerprint density at radius 2 is 1.86 bits per heavy atom. The van der Waals surface area contributed by atoms with Crippen LogP contribution in [0.4, 0.5) is 0 Å². The molecule has 1 aromatic rings. The number of aryl methyl sites for hydroxylation is 1. The van der Waals surface area contributed by atoms with E-state index in [1.807, 2.05) is 0 Å². The minimum absolute atomic E-state index is 0.0176. The van der Waals surface area contributed by atoms with E-state index in [0.717, 1.165) is 4.57 Å². The smallest absolute Gasteiger partial charge is 0.328 e. The lowest BCUT2D eigenvalue weighted by Crippen LogP contribution is -2.46. The van der Waals surface area contributed by atoms with Gasteiger partial charge in [0.25, 0.3) is 5.56 Å². The van der Waals surface area contributed by atoms with E-state index < -0.39 is 31.4 Å². The fourth-order valence-electron chi connectivity index (χ4n) is 2.26. The molecule has 0 aliphatic rings. The first-order chi connectivity index (χ1) is 13.3. The van der Waals surface area contributed by atoms with Gasteiger partial charge in [0.1, 0.15) is 13.1 Å². The number of rotatable bonds is 9. The van der Waals surface area contributed by atoms with Gasteiger partial charge in [-0.05, 0) is 32.0 Å². The second-order valence-electron chi connectivity index (χ2n) is 8.43. The summed E-state index contributed by atoms with van der Waals surface area (Å²) in [6.07, 6.45) is 1.33. The first kappa shape index (κ1) is 24.8. The molecule has 0 unspecified atom stereocenters. The fraction of sp³-hybridized carbons (Fsp3) is 0.684. The van der Waals surface area contributed by atoms with Crippen LogP contribution in [0.1, 0.15) is 33.3 Å². The Bertz CT molecular complexity index is 838. The summed E-state index contributed by atoms with van der Waals surface area (Å²) in [5.74, 6) is -0.969. The molecule has 0 fully saturated rings. The maximum Gasteiger partial charge on any atom is 0.328 e. The SMILES string of the molecule is CCOC(=O)CN(CCO[Si](C)(C)C(C)(C)C)C(=O)Cn1cc(C)c(=O)[nH]c1=O. The molecule has 1 aromatic heterocycles. The Labute approximate surface area is 172 Å².